The van der Waals surface area contributed by atoms with Crippen LogP contribution < -0.4 is 10.2 Å². The number of benzene rings is 1. The number of amides is 1. The van der Waals surface area contributed by atoms with Gasteiger partial charge in [-0.15, -0.1) is 0 Å². The summed E-state index contributed by atoms with van der Waals surface area (Å²) in [6.07, 6.45) is 0. The number of anilines is 1. The van der Waals surface area contributed by atoms with Crippen LogP contribution in [0.25, 0.3) is 0 Å². The summed E-state index contributed by atoms with van der Waals surface area (Å²) in [7, 11) is 0. The molecule has 0 aliphatic carbocycles. The van der Waals surface area contributed by atoms with E-state index in [9.17, 15) is 4.79 Å². The third-order valence-corrected chi connectivity index (χ3v) is 3.01. The highest BCUT2D eigenvalue weighted by molar-refractivity contribution is 6.04. The standard InChI is InChI=1S/C14H20N2O/c1-4-15-13-11-7-5-6-8-12(11)16(14(13)17)9-10(2)3/h5-8,10,13,15H,4,9H2,1-3H3. The molecule has 1 unspecified atom stereocenters. The van der Waals surface area contributed by atoms with Gasteiger partial charge in [-0.2, -0.15) is 0 Å². The number of nitrogens with zero attached hydrogens (tertiary/aromatic N) is 1. The molecule has 1 aromatic rings. The Balaban J connectivity index is 2.34. The number of rotatable bonds is 4. The molecular formula is C14H20N2O. The molecule has 1 heterocycles. The minimum absolute atomic E-state index is 0.157. The normalized spacial score (nSPS) is 18.9. The first-order valence-corrected chi connectivity index (χ1v) is 6.28. The van der Waals surface area contributed by atoms with E-state index in [1.165, 1.54) is 0 Å². The van der Waals surface area contributed by atoms with E-state index in [1.54, 1.807) is 0 Å². The zero-order valence-electron chi connectivity index (χ0n) is 10.7. The summed E-state index contributed by atoms with van der Waals surface area (Å²) in [6, 6.07) is 7.91. The van der Waals surface area contributed by atoms with Crippen molar-refractivity contribution < 1.29 is 4.79 Å². The van der Waals surface area contributed by atoms with E-state index in [2.05, 4.69) is 19.2 Å². The zero-order chi connectivity index (χ0) is 12.4. The zero-order valence-corrected chi connectivity index (χ0v) is 10.7. The monoisotopic (exact) mass is 232 g/mol. The van der Waals surface area contributed by atoms with Gasteiger partial charge >= 0.3 is 0 Å². The maximum absolute atomic E-state index is 12.4. The second-order valence-electron chi connectivity index (χ2n) is 4.89. The third-order valence-electron chi connectivity index (χ3n) is 3.01. The van der Waals surface area contributed by atoms with Gasteiger partial charge in [0.1, 0.15) is 6.04 Å². The molecule has 0 saturated carbocycles. The number of para-hydroxylation sites is 1. The highest BCUT2D eigenvalue weighted by Crippen LogP contribution is 2.35. The maximum Gasteiger partial charge on any atom is 0.248 e. The molecule has 3 nitrogen and oxygen atoms in total. The first-order chi connectivity index (χ1) is 8.15. The Bertz CT molecular complexity index is 414. The van der Waals surface area contributed by atoms with Crippen LogP contribution in [0.15, 0.2) is 24.3 Å². The fourth-order valence-corrected chi connectivity index (χ4v) is 2.34. The van der Waals surface area contributed by atoms with Crippen molar-refractivity contribution in [3.8, 4) is 0 Å². The molecule has 1 aromatic carbocycles. The Morgan fingerprint density at radius 2 is 2.06 bits per heavy atom. The van der Waals surface area contributed by atoms with E-state index < -0.39 is 0 Å². The summed E-state index contributed by atoms with van der Waals surface area (Å²) >= 11 is 0. The lowest BCUT2D eigenvalue weighted by Crippen LogP contribution is -2.36. The lowest BCUT2D eigenvalue weighted by Gasteiger charge is -2.20. The number of hydrogen-bond donors (Lipinski definition) is 1. The van der Waals surface area contributed by atoms with E-state index in [0.29, 0.717) is 5.92 Å². The largest absolute Gasteiger partial charge is 0.310 e. The maximum atomic E-state index is 12.4. The highest BCUT2D eigenvalue weighted by Gasteiger charge is 2.36. The van der Waals surface area contributed by atoms with Crippen LogP contribution in [0, 0.1) is 5.92 Å². The van der Waals surface area contributed by atoms with Crippen molar-refractivity contribution in [2.45, 2.75) is 26.8 Å². The van der Waals surface area contributed by atoms with Gasteiger partial charge in [-0.05, 0) is 18.5 Å². The number of hydrogen-bond acceptors (Lipinski definition) is 2. The van der Waals surface area contributed by atoms with Crippen molar-refractivity contribution in [1.82, 2.24) is 5.32 Å². The molecule has 0 fully saturated rings. The second-order valence-corrected chi connectivity index (χ2v) is 4.89. The number of nitrogens with one attached hydrogen (secondary N) is 1. The Kier molecular flexibility index (Phi) is 3.48. The lowest BCUT2D eigenvalue weighted by atomic mass is 10.1. The molecule has 1 atom stereocenters. The van der Waals surface area contributed by atoms with Crippen LogP contribution in [-0.4, -0.2) is 19.0 Å². The molecule has 0 bridgehead atoms. The van der Waals surface area contributed by atoms with Gasteiger partial charge in [0.15, 0.2) is 0 Å². The molecule has 1 aliphatic heterocycles. The molecule has 1 N–H and O–H groups in total. The molecule has 92 valence electrons. The lowest BCUT2D eigenvalue weighted by molar-refractivity contribution is -0.120. The summed E-state index contributed by atoms with van der Waals surface area (Å²) in [6.45, 7) is 7.89. The van der Waals surface area contributed by atoms with Crippen LogP contribution >= 0.6 is 0 Å². The van der Waals surface area contributed by atoms with Crippen molar-refractivity contribution in [2.75, 3.05) is 18.0 Å². The van der Waals surface area contributed by atoms with E-state index in [1.807, 2.05) is 36.1 Å². The van der Waals surface area contributed by atoms with Gasteiger partial charge in [-0.3, -0.25) is 4.79 Å². The predicted octanol–water partition coefficient (Wildman–Crippen LogP) is 2.34. The first kappa shape index (κ1) is 12.1. The van der Waals surface area contributed by atoms with Gasteiger partial charge in [0, 0.05) is 17.8 Å². The molecule has 0 spiro atoms. The molecule has 2 rings (SSSR count). The number of fused-ring (bicyclic) bond motifs is 1. The second kappa shape index (κ2) is 4.88. The van der Waals surface area contributed by atoms with Crippen LogP contribution in [0.3, 0.4) is 0 Å². The third kappa shape index (κ3) is 2.20. The fraction of sp³-hybridized carbons (Fsp3) is 0.500. The molecule has 1 aliphatic rings. The minimum atomic E-state index is -0.157. The SMILES string of the molecule is CCNC1C(=O)N(CC(C)C)c2ccccc21. The Labute approximate surface area is 103 Å². The van der Waals surface area contributed by atoms with E-state index in [4.69, 9.17) is 0 Å². The predicted molar refractivity (Wildman–Crippen MR) is 70.1 cm³/mol. The van der Waals surface area contributed by atoms with Gasteiger partial charge in [0.25, 0.3) is 0 Å². The number of likely N-dealkylation sites (N-methyl/N-ethyl adjacent to an activating group) is 1. The summed E-state index contributed by atoms with van der Waals surface area (Å²) in [5.74, 6) is 0.661. The molecule has 3 heteroatoms. The van der Waals surface area contributed by atoms with Crippen LogP contribution in [-0.2, 0) is 4.79 Å². The number of carbonyl (C=O) groups excluding carboxylic acids is 1. The van der Waals surface area contributed by atoms with Crippen molar-refractivity contribution >= 4 is 11.6 Å². The summed E-state index contributed by atoms with van der Waals surface area (Å²) in [5.41, 5.74) is 2.18. The van der Waals surface area contributed by atoms with Gasteiger partial charge in [-0.25, -0.2) is 0 Å². The van der Waals surface area contributed by atoms with E-state index in [0.717, 1.165) is 24.3 Å². The van der Waals surface area contributed by atoms with Crippen molar-refractivity contribution in [1.29, 1.82) is 0 Å². The topological polar surface area (TPSA) is 32.3 Å². The van der Waals surface area contributed by atoms with Gasteiger partial charge in [-0.1, -0.05) is 39.0 Å². The van der Waals surface area contributed by atoms with E-state index in [-0.39, 0.29) is 11.9 Å². The summed E-state index contributed by atoms with van der Waals surface area (Å²) in [5, 5.41) is 3.26. The summed E-state index contributed by atoms with van der Waals surface area (Å²) in [4.78, 5) is 14.3. The molecule has 1 amide bonds. The van der Waals surface area contributed by atoms with Crippen molar-refractivity contribution in [2.24, 2.45) is 5.92 Å². The van der Waals surface area contributed by atoms with Gasteiger partial charge < -0.3 is 10.2 Å². The number of carbonyl (C=O) groups is 1. The quantitative estimate of drug-likeness (QED) is 0.864. The molecule has 0 radical (unpaired) electrons. The van der Waals surface area contributed by atoms with Crippen LogP contribution in [0.4, 0.5) is 5.69 Å². The fourth-order valence-electron chi connectivity index (χ4n) is 2.34. The molecule has 0 saturated heterocycles. The average Bonchev–Trinajstić information content (AvgIpc) is 2.55. The summed E-state index contributed by atoms with van der Waals surface area (Å²) < 4.78 is 0. The van der Waals surface area contributed by atoms with Crippen molar-refractivity contribution in [3.05, 3.63) is 29.8 Å². The average molecular weight is 232 g/mol. The van der Waals surface area contributed by atoms with Crippen molar-refractivity contribution in [3.63, 3.8) is 0 Å². The Morgan fingerprint density at radius 3 is 2.71 bits per heavy atom. The first-order valence-electron chi connectivity index (χ1n) is 6.28. The van der Waals surface area contributed by atoms with Crippen LogP contribution in [0.2, 0.25) is 0 Å². The minimum Gasteiger partial charge on any atom is -0.310 e. The van der Waals surface area contributed by atoms with Gasteiger partial charge in [0.2, 0.25) is 5.91 Å². The van der Waals surface area contributed by atoms with E-state index >= 15 is 0 Å². The van der Waals surface area contributed by atoms with Crippen LogP contribution in [0.1, 0.15) is 32.4 Å². The molecule has 17 heavy (non-hydrogen) atoms. The smallest absolute Gasteiger partial charge is 0.248 e. The highest BCUT2D eigenvalue weighted by atomic mass is 16.2. The Hall–Kier alpha value is -1.35. The van der Waals surface area contributed by atoms with Crippen LogP contribution in [0.5, 0.6) is 0 Å². The molecule has 0 aromatic heterocycles. The van der Waals surface area contributed by atoms with Gasteiger partial charge in [0.05, 0.1) is 0 Å². The molecular weight excluding hydrogens is 212 g/mol. The Morgan fingerprint density at radius 1 is 1.35 bits per heavy atom.